The van der Waals surface area contributed by atoms with Gasteiger partial charge in [-0.05, 0) is 53.7 Å². The molecule has 1 amide bonds. The van der Waals surface area contributed by atoms with Gasteiger partial charge in [0.05, 0.1) is 6.26 Å². The van der Waals surface area contributed by atoms with Crippen LogP contribution in [0.15, 0.2) is 21.2 Å². The molecular formula is C13H19BrN2O4S. The van der Waals surface area contributed by atoms with Crippen LogP contribution in [0.2, 0.25) is 0 Å². The highest BCUT2D eigenvalue weighted by molar-refractivity contribution is 9.10. The minimum atomic E-state index is -3.19. The minimum absolute atomic E-state index is 0.0457. The van der Waals surface area contributed by atoms with Crippen molar-refractivity contribution in [2.24, 2.45) is 0 Å². The number of rotatable bonds is 5. The summed E-state index contributed by atoms with van der Waals surface area (Å²) in [5, 5.41) is 0. The molecule has 0 radical (unpaired) electrons. The molecule has 1 atom stereocenters. The summed E-state index contributed by atoms with van der Waals surface area (Å²) in [5.74, 6) is 0.176. The Bertz CT molecular complexity index is 599. The summed E-state index contributed by atoms with van der Waals surface area (Å²) < 4.78 is 30.5. The number of hydrogen-bond acceptors (Lipinski definition) is 4. The Labute approximate surface area is 133 Å². The van der Waals surface area contributed by atoms with Crippen LogP contribution in [-0.2, 0) is 10.0 Å². The third-order valence-electron chi connectivity index (χ3n) is 3.51. The molecule has 0 aromatic carbocycles. The standard InChI is InChI=1S/C13H19BrN2O4S/c1-21(18,19)15-8-7-10-4-2-3-9-16(10)13(17)11-5-6-12(14)20-11/h5-6,10,15H,2-4,7-9H2,1H3. The van der Waals surface area contributed by atoms with Gasteiger partial charge in [-0.3, -0.25) is 4.79 Å². The van der Waals surface area contributed by atoms with Crippen LogP contribution in [0.3, 0.4) is 0 Å². The minimum Gasteiger partial charge on any atom is -0.444 e. The first kappa shape index (κ1) is 16.5. The number of sulfonamides is 1. The highest BCUT2D eigenvalue weighted by Crippen LogP contribution is 2.23. The van der Waals surface area contributed by atoms with Gasteiger partial charge in [0.15, 0.2) is 10.4 Å². The number of piperidine rings is 1. The monoisotopic (exact) mass is 378 g/mol. The maximum atomic E-state index is 12.5. The number of nitrogens with zero attached hydrogens (tertiary/aromatic N) is 1. The number of furan rings is 1. The molecule has 118 valence electrons. The Morgan fingerprint density at radius 3 is 2.86 bits per heavy atom. The van der Waals surface area contributed by atoms with E-state index in [9.17, 15) is 13.2 Å². The first-order chi connectivity index (χ1) is 9.87. The maximum absolute atomic E-state index is 12.5. The summed E-state index contributed by atoms with van der Waals surface area (Å²) in [5.41, 5.74) is 0. The number of carbonyl (C=O) groups excluding carboxylic acids is 1. The number of carbonyl (C=O) groups is 1. The molecule has 0 aliphatic carbocycles. The van der Waals surface area contributed by atoms with Gasteiger partial charge in [-0.1, -0.05) is 0 Å². The molecule has 0 spiro atoms. The van der Waals surface area contributed by atoms with Crippen LogP contribution in [0.4, 0.5) is 0 Å². The molecule has 1 saturated heterocycles. The summed E-state index contributed by atoms with van der Waals surface area (Å²) in [6, 6.07) is 3.38. The van der Waals surface area contributed by atoms with E-state index in [1.54, 1.807) is 17.0 Å². The van der Waals surface area contributed by atoms with Gasteiger partial charge in [0.2, 0.25) is 10.0 Å². The zero-order valence-electron chi connectivity index (χ0n) is 11.8. The highest BCUT2D eigenvalue weighted by atomic mass is 79.9. The lowest BCUT2D eigenvalue weighted by atomic mass is 9.99. The van der Waals surface area contributed by atoms with Crippen molar-refractivity contribution in [3.8, 4) is 0 Å². The van der Waals surface area contributed by atoms with Crippen molar-refractivity contribution in [3.63, 3.8) is 0 Å². The predicted octanol–water partition coefficient (Wildman–Crippen LogP) is 1.98. The smallest absolute Gasteiger partial charge is 0.289 e. The molecule has 21 heavy (non-hydrogen) atoms. The summed E-state index contributed by atoms with van der Waals surface area (Å²) in [6.07, 6.45) is 4.65. The van der Waals surface area contributed by atoms with E-state index in [2.05, 4.69) is 20.7 Å². The number of halogens is 1. The van der Waals surface area contributed by atoms with Crippen molar-refractivity contribution >= 4 is 31.9 Å². The molecule has 1 N–H and O–H groups in total. The zero-order valence-corrected chi connectivity index (χ0v) is 14.2. The topological polar surface area (TPSA) is 79.6 Å². The normalized spacial score (nSPS) is 19.7. The Hall–Kier alpha value is -0.860. The molecule has 6 nitrogen and oxygen atoms in total. The second kappa shape index (κ2) is 6.93. The van der Waals surface area contributed by atoms with E-state index in [0.717, 1.165) is 25.5 Å². The average Bonchev–Trinajstić information content (AvgIpc) is 2.84. The van der Waals surface area contributed by atoms with Crippen LogP contribution < -0.4 is 4.72 Å². The lowest BCUT2D eigenvalue weighted by molar-refractivity contribution is 0.0570. The van der Waals surface area contributed by atoms with E-state index < -0.39 is 10.0 Å². The van der Waals surface area contributed by atoms with Gasteiger partial charge in [0.1, 0.15) is 0 Å². The molecule has 1 aliphatic rings. The van der Waals surface area contributed by atoms with Gasteiger partial charge >= 0.3 is 0 Å². The van der Waals surface area contributed by atoms with Crippen LogP contribution in [0.1, 0.15) is 36.2 Å². The second-order valence-corrected chi connectivity index (χ2v) is 7.82. The van der Waals surface area contributed by atoms with Gasteiger partial charge in [0.25, 0.3) is 5.91 Å². The van der Waals surface area contributed by atoms with E-state index in [-0.39, 0.29) is 11.9 Å². The predicted molar refractivity (Wildman–Crippen MR) is 82.5 cm³/mol. The largest absolute Gasteiger partial charge is 0.444 e. The molecular weight excluding hydrogens is 360 g/mol. The molecule has 1 fully saturated rings. The molecule has 2 heterocycles. The van der Waals surface area contributed by atoms with Crippen molar-refractivity contribution in [2.75, 3.05) is 19.3 Å². The molecule has 1 aliphatic heterocycles. The first-order valence-corrected chi connectivity index (χ1v) is 9.56. The lowest BCUT2D eigenvalue weighted by Crippen LogP contribution is -2.45. The maximum Gasteiger partial charge on any atom is 0.289 e. The van der Waals surface area contributed by atoms with Gasteiger partial charge in [-0.25, -0.2) is 13.1 Å². The third kappa shape index (κ3) is 4.82. The van der Waals surface area contributed by atoms with E-state index in [4.69, 9.17) is 4.42 Å². The number of nitrogens with one attached hydrogen (secondary N) is 1. The van der Waals surface area contributed by atoms with Gasteiger partial charge in [0, 0.05) is 19.1 Å². The van der Waals surface area contributed by atoms with E-state index in [1.165, 1.54) is 0 Å². The Morgan fingerprint density at radius 2 is 2.24 bits per heavy atom. The SMILES string of the molecule is CS(=O)(=O)NCCC1CCCCN1C(=O)c1ccc(Br)o1. The molecule has 1 aromatic rings. The zero-order chi connectivity index (χ0) is 15.5. The number of likely N-dealkylation sites (tertiary alicyclic amines) is 1. The van der Waals surface area contributed by atoms with Crippen LogP contribution in [0, 0.1) is 0 Å². The van der Waals surface area contributed by atoms with Crippen LogP contribution in [0.5, 0.6) is 0 Å². The average molecular weight is 379 g/mol. The Morgan fingerprint density at radius 1 is 1.48 bits per heavy atom. The summed E-state index contributed by atoms with van der Waals surface area (Å²) in [7, 11) is -3.19. The van der Waals surface area contributed by atoms with Crippen molar-refractivity contribution < 1.29 is 17.6 Å². The van der Waals surface area contributed by atoms with Gasteiger partial charge in [-0.15, -0.1) is 0 Å². The van der Waals surface area contributed by atoms with E-state index >= 15 is 0 Å². The molecule has 8 heteroatoms. The third-order valence-corrected chi connectivity index (χ3v) is 4.67. The van der Waals surface area contributed by atoms with E-state index in [0.29, 0.717) is 29.9 Å². The molecule has 0 bridgehead atoms. The molecule has 1 aromatic heterocycles. The Kier molecular flexibility index (Phi) is 5.45. The second-order valence-electron chi connectivity index (χ2n) is 5.21. The Balaban J connectivity index is 1.99. The van der Waals surface area contributed by atoms with Gasteiger partial charge in [-0.2, -0.15) is 0 Å². The van der Waals surface area contributed by atoms with Crippen molar-refractivity contribution in [3.05, 3.63) is 22.6 Å². The fraction of sp³-hybridized carbons (Fsp3) is 0.615. The summed E-state index contributed by atoms with van der Waals surface area (Å²) in [4.78, 5) is 14.2. The summed E-state index contributed by atoms with van der Waals surface area (Å²) >= 11 is 3.19. The number of amides is 1. The first-order valence-electron chi connectivity index (χ1n) is 6.88. The van der Waals surface area contributed by atoms with Crippen molar-refractivity contribution in [2.45, 2.75) is 31.7 Å². The molecule has 1 unspecified atom stereocenters. The van der Waals surface area contributed by atoms with Gasteiger partial charge < -0.3 is 9.32 Å². The van der Waals surface area contributed by atoms with E-state index in [1.807, 2.05) is 0 Å². The molecule has 2 rings (SSSR count). The highest BCUT2D eigenvalue weighted by Gasteiger charge is 2.28. The fourth-order valence-electron chi connectivity index (χ4n) is 2.55. The lowest BCUT2D eigenvalue weighted by Gasteiger charge is -2.35. The quantitative estimate of drug-likeness (QED) is 0.849. The van der Waals surface area contributed by atoms with Crippen LogP contribution >= 0.6 is 15.9 Å². The van der Waals surface area contributed by atoms with Crippen molar-refractivity contribution in [1.82, 2.24) is 9.62 Å². The fourth-order valence-corrected chi connectivity index (χ4v) is 3.34. The number of hydrogen-bond donors (Lipinski definition) is 1. The summed E-state index contributed by atoms with van der Waals surface area (Å²) in [6.45, 7) is 1.02. The van der Waals surface area contributed by atoms with Crippen molar-refractivity contribution in [1.29, 1.82) is 0 Å². The van der Waals surface area contributed by atoms with Crippen LogP contribution in [0.25, 0.3) is 0 Å². The molecule has 0 saturated carbocycles. The van der Waals surface area contributed by atoms with Crippen LogP contribution in [-0.4, -0.2) is 44.6 Å².